The third-order valence-corrected chi connectivity index (χ3v) is 7.58. The van der Waals surface area contributed by atoms with Crippen LogP contribution < -0.4 is 0 Å². The summed E-state index contributed by atoms with van der Waals surface area (Å²) in [5.41, 5.74) is 2.12. The molecule has 2 aromatic rings. The maximum absolute atomic E-state index is 13.0. The zero-order valence-electron chi connectivity index (χ0n) is 14.2. The fraction of sp³-hybridized carbons (Fsp3) is 0.333. The van der Waals surface area contributed by atoms with Gasteiger partial charge in [0.2, 0.25) is 10.0 Å². The van der Waals surface area contributed by atoms with Gasteiger partial charge in [-0.25, -0.2) is 16.8 Å². The van der Waals surface area contributed by atoms with Crippen molar-refractivity contribution in [2.75, 3.05) is 12.8 Å². The van der Waals surface area contributed by atoms with E-state index in [1.54, 1.807) is 0 Å². The summed E-state index contributed by atoms with van der Waals surface area (Å²) in [5, 5.41) is 0. The fourth-order valence-corrected chi connectivity index (χ4v) is 5.46. The first kappa shape index (κ1) is 18.1. The van der Waals surface area contributed by atoms with Crippen LogP contribution in [-0.2, 0) is 19.9 Å². The van der Waals surface area contributed by atoms with E-state index in [0.717, 1.165) is 30.2 Å². The van der Waals surface area contributed by atoms with Gasteiger partial charge in [0, 0.05) is 12.8 Å². The molecule has 1 saturated heterocycles. The molecule has 0 N–H and O–H groups in total. The van der Waals surface area contributed by atoms with Crippen LogP contribution in [0.4, 0.5) is 0 Å². The summed E-state index contributed by atoms with van der Waals surface area (Å²) in [4.78, 5) is 0.238. The maximum Gasteiger partial charge on any atom is 0.243 e. The molecule has 0 amide bonds. The molecule has 1 atom stereocenters. The van der Waals surface area contributed by atoms with Gasteiger partial charge in [0.15, 0.2) is 9.84 Å². The van der Waals surface area contributed by atoms with E-state index in [-0.39, 0.29) is 15.8 Å². The van der Waals surface area contributed by atoms with Crippen LogP contribution in [0.5, 0.6) is 0 Å². The van der Waals surface area contributed by atoms with E-state index < -0.39 is 19.9 Å². The number of benzene rings is 2. The van der Waals surface area contributed by atoms with Gasteiger partial charge in [-0.2, -0.15) is 4.31 Å². The van der Waals surface area contributed by atoms with Crippen LogP contribution in [0.3, 0.4) is 0 Å². The average Bonchev–Trinajstić information content (AvgIpc) is 3.05. The van der Waals surface area contributed by atoms with Crippen molar-refractivity contribution in [1.82, 2.24) is 4.31 Å². The van der Waals surface area contributed by atoms with Gasteiger partial charge < -0.3 is 0 Å². The first-order valence-electron chi connectivity index (χ1n) is 8.08. The monoisotopic (exact) mass is 379 g/mol. The second-order valence-electron chi connectivity index (χ2n) is 6.43. The predicted octanol–water partition coefficient (Wildman–Crippen LogP) is 2.92. The third kappa shape index (κ3) is 3.63. The lowest BCUT2D eigenvalue weighted by Gasteiger charge is -2.24. The van der Waals surface area contributed by atoms with Crippen molar-refractivity contribution in [3.8, 4) is 0 Å². The minimum absolute atomic E-state index is 0.114. The first-order chi connectivity index (χ1) is 11.7. The highest BCUT2D eigenvalue weighted by atomic mass is 32.2. The van der Waals surface area contributed by atoms with Crippen molar-refractivity contribution in [3.63, 3.8) is 0 Å². The minimum Gasteiger partial charge on any atom is -0.224 e. The summed E-state index contributed by atoms with van der Waals surface area (Å²) in [5.74, 6) is 0. The molecule has 2 aromatic carbocycles. The second-order valence-corrected chi connectivity index (χ2v) is 10.3. The van der Waals surface area contributed by atoms with E-state index in [9.17, 15) is 16.8 Å². The highest BCUT2D eigenvalue weighted by molar-refractivity contribution is 7.90. The van der Waals surface area contributed by atoms with Crippen molar-refractivity contribution in [2.24, 2.45) is 0 Å². The Balaban J connectivity index is 1.94. The number of hydrogen-bond acceptors (Lipinski definition) is 4. The molecule has 1 aliphatic rings. The van der Waals surface area contributed by atoms with Gasteiger partial charge in [0.05, 0.1) is 15.8 Å². The van der Waals surface area contributed by atoms with E-state index in [4.69, 9.17) is 0 Å². The summed E-state index contributed by atoms with van der Waals surface area (Å²) in [6, 6.07) is 13.2. The molecular weight excluding hydrogens is 358 g/mol. The molecule has 25 heavy (non-hydrogen) atoms. The van der Waals surface area contributed by atoms with Crippen molar-refractivity contribution in [3.05, 3.63) is 59.7 Å². The van der Waals surface area contributed by atoms with Crippen LogP contribution in [0.2, 0.25) is 0 Å². The molecule has 134 valence electrons. The Morgan fingerprint density at radius 1 is 0.880 bits per heavy atom. The molecule has 0 spiro atoms. The quantitative estimate of drug-likeness (QED) is 0.819. The summed E-state index contributed by atoms with van der Waals surface area (Å²) < 4.78 is 50.7. The molecule has 0 bridgehead atoms. The number of rotatable bonds is 4. The topological polar surface area (TPSA) is 71.5 Å². The van der Waals surface area contributed by atoms with E-state index >= 15 is 0 Å². The molecule has 1 heterocycles. The van der Waals surface area contributed by atoms with Crippen LogP contribution in [0, 0.1) is 6.92 Å². The van der Waals surface area contributed by atoms with E-state index in [0.29, 0.717) is 6.54 Å². The Hall–Kier alpha value is -1.70. The zero-order valence-corrected chi connectivity index (χ0v) is 15.8. The van der Waals surface area contributed by atoms with Crippen molar-refractivity contribution in [2.45, 2.75) is 35.6 Å². The van der Waals surface area contributed by atoms with Crippen LogP contribution in [0.25, 0.3) is 0 Å². The Morgan fingerprint density at radius 3 is 2.00 bits per heavy atom. The van der Waals surface area contributed by atoms with Gasteiger partial charge in [0.1, 0.15) is 0 Å². The third-order valence-electron chi connectivity index (χ3n) is 4.52. The number of hydrogen-bond donors (Lipinski definition) is 0. The molecule has 5 nitrogen and oxygen atoms in total. The van der Waals surface area contributed by atoms with E-state index in [2.05, 4.69) is 0 Å². The Labute approximate surface area is 149 Å². The van der Waals surface area contributed by atoms with Gasteiger partial charge >= 0.3 is 0 Å². The molecular formula is C18H21NO4S2. The summed E-state index contributed by atoms with van der Waals surface area (Å²) >= 11 is 0. The Bertz CT molecular complexity index is 963. The minimum atomic E-state index is -3.67. The highest BCUT2D eigenvalue weighted by Crippen LogP contribution is 2.36. The summed E-state index contributed by atoms with van der Waals surface area (Å²) in [7, 11) is -7.02. The van der Waals surface area contributed by atoms with Gasteiger partial charge in [-0.05, 0) is 49.6 Å². The fourth-order valence-electron chi connectivity index (χ4n) is 3.14. The largest absolute Gasteiger partial charge is 0.243 e. The first-order valence-corrected chi connectivity index (χ1v) is 11.4. The molecule has 3 rings (SSSR count). The lowest BCUT2D eigenvalue weighted by Crippen LogP contribution is -2.30. The van der Waals surface area contributed by atoms with Crippen LogP contribution in [-0.4, -0.2) is 33.9 Å². The number of sulfonamides is 1. The van der Waals surface area contributed by atoms with E-state index in [1.165, 1.54) is 28.6 Å². The predicted molar refractivity (Wildman–Crippen MR) is 96.6 cm³/mol. The molecule has 1 aliphatic heterocycles. The number of sulfone groups is 1. The van der Waals surface area contributed by atoms with Crippen LogP contribution >= 0.6 is 0 Å². The highest BCUT2D eigenvalue weighted by Gasteiger charge is 2.36. The summed E-state index contributed by atoms with van der Waals surface area (Å²) in [6.07, 6.45) is 2.69. The molecule has 0 aliphatic carbocycles. The van der Waals surface area contributed by atoms with Crippen molar-refractivity contribution in [1.29, 1.82) is 0 Å². The normalized spacial score (nSPS) is 19.2. The molecule has 0 aromatic heterocycles. The molecule has 1 fully saturated rings. The molecule has 0 unspecified atom stereocenters. The van der Waals surface area contributed by atoms with Crippen LogP contribution in [0.1, 0.15) is 30.0 Å². The molecule has 7 heteroatoms. The number of nitrogens with zero attached hydrogens (tertiary/aromatic N) is 1. The smallest absolute Gasteiger partial charge is 0.224 e. The SMILES string of the molecule is Cc1ccc([C@H]2CCCN2S(=O)(=O)c2ccc(S(C)(=O)=O)cc2)cc1. The molecule has 0 radical (unpaired) electrons. The number of aryl methyl sites for hydroxylation is 1. The summed E-state index contributed by atoms with van der Waals surface area (Å²) in [6.45, 7) is 2.46. The Kier molecular flexibility index (Phi) is 4.74. The standard InChI is InChI=1S/C18H21NO4S2/c1-14-5-7-15(8-6-14)18-4-3-13-19(18)25(22,23)17-11-9-16(10-12-17)24(2,20)21/h5-12,18H,3-4,13H2,1-2H3/t18-/m1/s1. The lowest BCUT2D eigenvalue weighted by atomic mass is 10.0. The second kappa shape index (κ2) is 6.55. The average molecular weight is 380 g/mol. The van der Waals surface area contributed by atoms with Gasteiger partial charge in [0.25, 0.3) is 0 Å². The van der Waals surface area contributed by atoms with Crippen molar-refractivity contribution >= 4 is 19.9 Å². The van der Waals surface area contributed by atoms with E-state index in [1.807, 2.05) is 31.2 Å². The lowest BCUT2D eigenvalue weighted by molar-refractivity contribution is 0.396. The zero-order chi connectivity index (χ0) is 18.2. The van der Waals surface area contributed by atoms with Gasteiger partial charge in [-0.3, -0.25) is 0 Å². The van der Waals surface area contributed by atoms with Crippen molar-refractivity contribution < 1.29 is 16.8 Å². The van der Waals surface area contributed by atoms with Gasteiger partial charge in [-0.1, -0.05) is 29.8 Å². The maximum atomic E-state index is 13.0. The Morgan fingerprint density at radius 2 is 1.44 bits per heavy atom. The van der Waals surface area contributed by atoms with Crippen LogP contribution in [0.15, 0.2) is 58.3 Å². The van der Waals surface area contributed by atoms with Gasteiger partial charge in [-0.15, -0.1) is 0 Å². The molecule has 0 saturated carbocycles.